The van der Waals surface area contributed by atoms with Gasteiger partial charge in [0.2, 0.25) is 5.91 Å². The molecule has 1 rings (SSSR count). The summed E-state index contributed by atoms with van der Waals surface area (Å²) in [5, 5.41) is 2.90. The van der Waals surface area contributed by atoms with Gasteiger partial charge in [-0.3, -0.25) is 4.79 Å². The van der Waals surface area contributed by atoms with Crippen molar-refractivity contribution >= 4 is 12.0 Å². The molecule has 1 aromatic carbocycles. The van der Waals surface area contributed by atoms with Crippen LogP contribution in [0.1, 0.15) is 51.2 Å². The van der Waals surface area contributed by atoms with Crippen LogP contribution in [-0.2, 0) is 4.79 Å². The first-order chi connectivity index (χ1) is 8.52. The fourth-order valence-corrected chi connectivity index (χ4v) is 1.56. The molecule has 0 aliphatic heterocycles. The number of amides is 1. The van der Waals surface area contributed by atoms with Crippen LogP contribution < -0.4 is 5.32 Å². The lowest BCUT2D eigenvalue weighted by Crippen LogP contribution is -2.30. The fraction of sp³-hybridized carbons (Fsp3) is 0.438. The topological polar surface area (TPSA) is 29.1 Å². The maximum Gasteiger partial charge on any atom is 0.244 e. The van der Waals surface area contributed by atoms with Gasteiger partial charge in [0, 0.05) is 12.1 Å². The molecule has 1 N–H and O–H groups in total. The molecule has 0 radical (unpaired) electrons. The van der Waals surface area contributed by atoms with E-state index in [0.29, 0.717) is 5.92 Å². The van der Waals surface area contributed by atoms with Crippen molar-refractivity contribution in [3.8, 4) is 0 Å². The number of benzene rings is 1. The van der Waals surface area contributed by atoms with Gasteiger partial charge in [0.1, 0.15) is 0 Å². The third-order valence-electron chi connectivity index (χ3n) is 3.03. The average molecular weight is 245 g/mol. The van der Waals surface area contributed by atoms with E-state index in [1.54, 1.807) is 6.08 Å². The predicted molar refractivity (Wildman–Crippen MR) is 77.5 cm³/mol. The van der Waals surface area contributed by atoms with Crippen LogP contribution in [0.25, 0.3) is 6.08 Å². The summed E-state index contributed by atoms with van der Waals surface area (Å²) in [5.41, 5.74) is 2.37. The molecule has 98 valence electrons. The Balaban J connectivity index is 2.59. The summed E-state index contributed by atoms with van der Waals surface area (Å²) in [6, 6.07) is 8.53. The van der Waals surface area contributed by atoms with E-state index >= 15 is 0 Å². The highest BCUT2D eigenvalue weighted by molar-refractivity contribution is 5.91. The third-order valence-corrected chi connectivity index (χ3v) is 3.03. The summed E-state index contributed by atoms with van der Waals surface area (Å²) in [7, 11) is 0. The molecule has 0 aromatic heterocycles. The number of hydrogen-bond donors (Lipinski definition) is 1. The van der Waals surface area contributed by atoms with E-state index in [9.17, 15) is 4.79 Å². The lowest BCUT2D eigenvalue weighted by molar-refractivity contribution is -0.117. The van der Waals surface area contributed by atoms with Gasteiger partial charge in [-0.25, -0.2) is 0 Å². The van der Waals surface area contributed by atoms with E-state index in [2.05, 4.69) is 38.2 Å². The quantitative estimate of drug-likeness (QED) is 0.787. The van der Waals surface area contributed by atoms with E-state index in [4.69, 9.17) is 0 Å². The standard InChI is InChI=1S/C16H23NO/c1-5-13(4)17-16(18)11-8-14-6-9-15(10-7-14)12(2)3/h6-13H,5H2,1-4H3,(H,17,18)/b11-8-/t13-/m0/s1. The average Bonchev–Trinajstić information content (AvgIpc) is 2.36. The minimum Gasteiger partial charge on any atom is -0.350 e. The van der Waals surface area contributed by atoms with E-state index in [1.165, 1.54) is 5.56 Å². The van der Waals surface area contributed by atoms with Gasteiger partial charge < -0.3 is 5.32 Å². The SMILES string of the molecule is CC[C@H](C)NC(=O)/C=C\c1ccc(C(C)C)cc1. The molecule has 0 aliphatic carbocycles. The van der Waals surface area contributed by atoms with Crippen LogP contribution in [-0.4, -0.2) is 11.9 Å². The predicted octanol–water partition coefficient (Wildman–Crippen LogP) is 3.74. The van der Waals surface area contributed by atoms with Gasteiger partial charge in [-0.2, -0.15) is 0 Å². The van der Waals surface area contributed by atoms with Gasteiger partial charge >= 0.3 is 0 Å². The zero-order valence-corrected chi connectivity index (χ0v) is 11.7. The highest BCUT2D eigenvalue weighted by Gasteiger charge is 2.01. The second-order valence-electron chi connectivity index (χ2n) is 4.97. The minimum atomic E-state index is -0.0303. The molecule has 0 fully saturated rings. The fourth-order valence-electron chi connectivity index (χ4n) is 1.56. The van der Waals surface area contributed by atoms with Crippen LogP contribution >= 0.6 is 0 Å². The van der Waals surface area contributed by atoms with E-state index in [0.717, 1.165) is 12.0 Å². The zero-order chi connectivity index (χ0) is 13.5. The molecule has 18 heavy (non-hydrogen) atoms. The second-order valence-corrected chi connectivity index (χ2v) is 4.97. The first kappa shape index (κ1) is 14.5. The second kappa shape index (κ2) is 7.00. The van der Waals surface area contributed by atoms with Crippen molar-refractivity contribution in [1.82, 2.24) is 5.32 Å². The largest absolute Gasteiger partial charge is 0.350 e. The van der Waals surface area contributed by atoms with Gasteiger partial charge in [0.15, 0.2) is 0 Å². The van der Waals surface area contributed by atoms with Gasteiger partial charge in [-0.15, -0.1) is 0 Å². The van der Waals surface area contributed by atoms with Crippen molar-refractivity contribution < 1.29 is 4.79 Å². The van der Waals surface area contributed by atoms with Gasteiger partial charge in [0.05, 0.1) is 0 Å². The normalized spacial score (nSPS) is 12.9. The Morgan fingerprint density at radius 1 is 1.22 bits per heavy atom. The molecule has 0 aliphatic rings. The number of carbonyl (C=O) groups is 1. The zero-order valence-electron chi connectivity index (χ0n) is 11.7. The van der Waals surface area contributed by atoms with Crippen molar-refractivity contribution in [2.45, 2.75) is 46.1 Å². The highest BCUT2D eigenvalue weighted by atomic mass is 16.1. The van der Waals surface area contributed by atoms with Crippen molar-refractivity contribution in [2.75, 3.05) is 0 Å². The monoisotopic (exact) mass is 245 g/mol. The third kappa shape index (κ3) is 4.74. The van der Waals surface area contributed by atoms with Crippen molar-refractivity contribution in [1.29, 1.82) is 0 Å². The lowest BCUT2D eigenvalue weighted by atomic mass is 10.0. The summed E-state index contributed by atoms with van der Waals surface area (Å²) >= 11 is 0. The van der Waals surface area contributed by atoms with Crippen LogP contribution in [0.3, 0.4) is 0 Å². The van der Waals surface area contributed by atoms with Crippen LogP contribution in [0, 0.1) is 0 Å². The Morgan fingerprint density at radius 2 is 1.83 bits per heavy atom. The Hall–Kier alpha value is -1.57. The van der Waals surface area contributed by atoms with Crippen molar-refractivity contribution in [3.63, 3.8) is 0 Å². The smallest absolute Gasteiger partial charge is 0.244 e. The molecule has 1 amide bonds. The number of carbonyl (C=O) groups excluding carboxylic acids is 1. The Labute approximate surface area is 110 Å². The van der Waals surface area contributed by atoms with E-state index in [1.807, 2.05) is 25.1 Å². The Bertz CT molecular complexity index is 404. The first-order valence-electron chi connectivity index (χ1n) is 6.61. The van der Waals surface area contributed by atoms with Crippen LogP contribution in [0.4, 0.5) is 0 Å². The molecule has 0 heterocycles. The van der Waals surface area contributed by atoms with Gasteiger partial charge in [0.25, 0.3) is 0 Å². The molecule has 0 bridgehead atoms. The Morgan fingerprint density at radius 3 is 2.33 bits per heavy atom. The molecule has 0 saturated heterocycles. The molecule has 1 atom stereocenters. The Kier molecular flexibility index (Phi) is 5.63. The van der Waals surface area contributed by atoms with Gasteiger partial charge in [-0.1, -0.05) is 45.0 Å². The maximum absolute atomic E-state index is 11.6. The summed E-state index contributed by atoms with van der Waals surface area (Å²) in [5.74, 6) is 0.508. The van der Waals surface area contributed by atoms with E-state index in [-0.39, 0.29) is 11.9 Å². The number of hydrogen-bond acceptors (Lipinski definition) is 1. The van der Waals surface area contributed by atoms with Gasteiger partial charge in [-0.05, 0) is 36.5 Å². The summed E-state index contributed by atoms with van der Waals surface area (Å²) < 4.78 is 0. The minimum absolute atomic E-state index is 0.0303. The van der Waals surface area contributed by atoms with Crippen LogP contribution in [0.5, 0.6) is 0 Å². The highest BCUT2D eigenvalue weighted by Crippen LogP contribution is 2.15. The number of rotatable bonds is 5. The molecule has 1 aromatic rings. The molecule has 0 unspecified atom stereocenters. The summed E-state index contributed by atoms with van der Waals surface area (Å²) in [6.07, 6.45) is 4.39. The number of nitrogens with one attached hydrogen (secondary N) is 1. The van der Waals surface area contributed by atoms with Crippen molar-refractivity contribution in [3.05, 3.63) is 41.5 Å². The molecule has 0 spiro atoms. The molecule has 0 saturated carbocycles. The molecule has 2 nitrogen and oxygen atoms in total. The van der Waals surface area contributed by atoms with E-state index < -0.39 is 0 Å². The van der Waals surface area contributed by atoms with Crippen molar-refractivity contribution in [2.24, 2.45) is 0 Å². The molecule has 2 heteroatoms. The first-order valence-corrected chi connectivity index (χ1v) is 6.61. The van der Waals surface area contributed by atoms with Crippen LogP contribution in [0.15, 0.2) is 30.3 Å². The molecular weight excluding hydrogens is 222 g/mol. The summed E-state index contributed by atoms with van der Waals surface area (Å²) in [4.78, 5) is 11.6. The lowest BCUT2D eigenvalue weighted by Gasteiger charge is -2.08. The van der Waals surface area contributed by atoms with Crippen LogP contribution in [0.2, 0.25) is 0 Å². The molecular formula is C16H23NO. The maximum atomic E-state index is 11.6. The summed E-state index contributed by atoms with van der Waals surface area (Å²) in [6.45, 7) is 8.40.